The van der Waals surface area contributed by atoms with Gasteiger partial charge >= 0.3 is 0 Å². The van der Waals surface area contributed by atoms with Gasteiger partial charge in [-0.2, -0.15) is 0 Å². The van der Waals surface area contributed by atoms with Crippen molar-refractivity contribution < 1.29 is 14.3 Å². The summed E-state index contributed by atoms with van der Waals surface area (Å²) in [4.78, 5) is 27.5. The molecule has 2 amide bonds. The number of hydrogen-bond acceptors (Lipinski definition) is 3. The van der Waals surface area contributed by atoms with Gasteiger partial charge in [-0.3, -0.25) is 9.59 Å². The van der Waals surface area contributed by atoms with Crippen LogP contribution < -0.4 is 5.32 Å². The summed E-state index contributed by atoms with van der Waals surface area (Å²) >= 11 is 0. The van der Waals surface area contributed by atoms with Crippen LogP contribution >= 0.6 is 0 Å². The molecule has 1 aliphatic rings. The third-order valence-electron chi connectivity index (χ3n) is 5.97. The van der Waals surface area contributed by atoms with Crippen LogP contribution in [-0.2, 0) is 14.3 Å². The number of ether oxygens (including phenoxy) is 1. The van der Waals surface area contributed by atoms with E-state index < -0.39 is 19.5 Å². The standard InChI is InChI=1S/C22H40N2O3Si/c1-16(2)28(17(3)4,18(5)6)15-10-19(25)23-20(22(7,8)9)21(26)24-11-13-27-14-12-24/h16-18,20H,11-14H2,1-9H3,(H,23,25). The Balaban J connectivity index is 3.07. The Morgan fingerprint density at radius 2 is 1.43 bits per heavy atom. The predicted molar refractivity (Wildman–Crippen MR) is 118 cm³/mol. The largest absolute Gasteiger partial charge is 0.378 e. The van der Waals surface area contributed by atoms with E-state index in [0.29, 0.717) is 42.9 Å². The average Bonchev–Trinajstić information content (AvgIpc) is 2.58. The highest BCUT2D eigenvalue weighted by Crippen LogP contribution is 2.40. The van der Waals surface area contributed by atoms with E-state index in [1.165, 1.54) is 0 Å². The second kappa shape index (κ2) is 9.93. The molecule has 1 heterocycles. The second-order valence-corrected chi connectivity index (χ2v) is 15.4. The topological polar surface area (TPSA) is 58.6 Å². The van der Waals surface area contributed by atoms with E-state index in [2.05, 4.69) is 58.3 Å². The Bertz CT molecular complexity index is 584. The lowest BCUT2D eigenvalue weighted by molar-refractivity contribution is -0.142. The van der Waals surface area contributed by atoms with Crippen LogP contribution in [0.4, 0.5) is 0 Å². The van der Waals surface area contributed by atoms with Gasteiger partial charge in [0.05, 0.1) is 13.2 Å². The van der Waals surface area contributed by atoms with Crippen molar-refractivity contribution in [2.45, 2.75) is 85.0 Å². The highest BCUT2D eigenvalue weighted by atomic mass is 28.3. The van der Waals surface area contributed by atoms with Crippen LogP contribution in [0.15, 0.2) is 0 Å². The van der Waals surface area contributed by atoms with Crippen LogP contribution in [0.1, 0.15) is 62.3 Å². The van der Waals surface area contributed by atoms with Gasteiger partial charge in [0.15, 0.2) is 0 Å². The van der Waals surface area contributed by atoms with Crippen molar-refractivity contribution in [2.24, 2.45) is 5.41 Å². The van der Waals surface area contributed by atoms with Gasteiger partial charge in [-0.05, 0) is 28.0 Å². The molecular formula is C22H40N2O3Si. The monoisotopic (exact) mass is 408 g/mol. The fourth-order valence-corrected chi connectivity index (χ4v) is 9.58. The fraction of sp³-hybridized carbons (Fsp3) is 0.818. The number of rotatable bonds is 5. The number of carbonyl (C=O) groups is 2. The summed E-state index contributed by atoms with van der Waals surface area (Å²) in [5.74, 6) is 2.50. The number of nitrogens with zero attached hydrogens (tertiary/aromatic N) is 1. The Morgan fingerprint density at radius 1 is 0.964 bits per heavy atom. The summed E-state index contributed by atoms with van der Waals surface area (Å²) in [6.07, 6.45) is 0. The molecule has 0 bridgehead atoms. The van der Waals surface area contributed by atoms with Crippen LogP contribution in [0.3, 0.4) is 0 Å². The van der Waals surface area contributed by atoms with E-state index in [0.717, 1.165) is 0 Å². The van der Waals surface area contributed by atoms with Crippen molar-refractivity contribution in [3.05, 3.63) is 0 Å². The number of carbonyl (C=O) groups excluding carboxylic acids is 2. The summed E-state index contributed by atoms with van der Waals surface area (Å²) in [6, 6.07) is -0.597. The first-order valence-electron chi connectivity index (χ1n) is 10.5. The molecule has 1 saturated heterocycles. The van der Waals surface area contributed by atoms with E-state index in [4.69, 9.17) is 4.74 Å². The summed E-state index contributed by atoms with van der Waals surface area (Å²) in [5.41, 5.74) is 4.42. The van der Waals surface area contributed by atoms with E-state index >= 15 is 0 Å². The molecular weight excluding hydrogens is 368 g/mol. The minimum atomic E-state index is -1.98. The van der Waals surface area contributed by atoms with E-state index in [-0.39, 0.29) is 11.8 Å². The molecule has 1 unspecified atom stereocenters. The van der Waals surface area contributed by atoms with Crippen molar-refractivity contribution in [3.63, 3.8) is 0 Å². The Hall–Kier alpha value is -1.32. The van der Waals surface area contributed by atoms with Crippen molar-refractivity contribution in [1.82, 2.24) is 10.2 Å². The zero-order valence-electron chi connectivity index (χ0n) is 19.3. The van der Waals surface area contributed by atoms with Gasteiger partial charge in [-0.25, -0.2) is 0 Å². The van der Waals surface area contributed by atoms with Gasteiger partial charge in [0.2, 0.25) is 5.91 Å². The Morgan fingerprint density at radius 3 is 1.82 bits per heavy atom. The number of amides is 2. The lowest BCUT2D eigenvalue weighted by Crippen LogP contribution is -2.56. The van der Waals surface area contributed by atoms with Gasteiger partial charge in [0.25, 0.3) is 5.91 Å². The van der Waals surface area contributed by atoms with Gasteiger partial charge in [0, 0.05) is 13.1 Å². The van der Waals surface area contributed by atoms with E-state index in [1.807, 2.05) is 20.8 Å². The molecule has 1 N–H and O–H groups in total. The van der Waals surface area contributed by atoms with Gasteiger partial charge < -0.3 is 15.0 Å². The number of nitrogens with one attached hydrogen (secondary N) is 1. The smallest absolute Gasteiger partial charge is 0.295 e. The van der Waals surface area contributed by atoms with Gasteiger partial charge in [-0.1, -0.05) is 62.3 Å². The lowest BCUT2D eigenvalue weighted by Gasteiger charge is -2.38. The molecule has 0 aromatic rings. The molecule has 160 valence electrons. The molecule has 1 fully saturated rings. The molecule has 0 radical (unpaired) electrons. The quantitative estimate of drug-likeness (QED) is 0.558. The van der Waals surface area contributed by atoms with Crippen LogP contribution in [0.2, 0.25) is 16.6 Å². The zero-order valence-corrected chi connectivity index (χ0v) is 20.3. The minimum absolute atomic E-state index is 0.0500. The van der Waals surface area contributed by atoms with Gasteiger partial charge in [-0.15, -0.1) is 5.54 Å². The molecule has 5 nitrogen and oxygen atoms in total. The second-order valence-electron chi connectivity index (χ2n) is 9.86. The number of morpholine rings is 1. The third kappa shape index (κ3) is 5.84. The molecule has 1 atom stereocenters. The summed E-state index contributed by atoms with van der Waals surface area (Å²) in [7, 11) is -1.98. The Labute approximate surface area is 173 Å². The molecule has 1 rings (SSSR count). The maximum absolute atomic E-state index is 13.0. The van der Waals surface area contributed by atoms with Gasteiger partial charge in [0.1, 0.15) is 14.1 Å². The maximum atomic E-state index is 13.0. The number of hydrogen-bond donors (Lipinski definition) is 1. The fourth-order valence-electron chi connectivity index (χ4n) is 4.38. The molecule has 1 aliphatic heterocycles. The molecule has 0 aromatic heterocycles. The summed E-state index contributed by atoms with van der Waals surface area (Å²) < 4.78 is 5.34. The average molecular weight is 409 g/mol. The first kappa shape index (κ1) is 24.7. The highest BCUT2D eigenvalue weighted by Gasteiger charge is 2.42. The third-order valence-corrected chi connectivity index (χ3v) is 12.3. The van der Waals surface area contributed by atoms with Crippen molar-refractivity contribution in [2.75, 3.05) is 26.3 Å². The molecule has 6 heteroatoms. The first-order valence-corrected chi connectivity index (χ1v) is 12.8. The zero-order chi connectivity index (χ0) is 21.7. The molecule has 0 aromatic carbocycles. The molecule has 28 heavy (non-hydrogen) atoms. The van der Waals surface area contributed by atoms with Crippen LogP contribution in [0, 0.1) is 16.9 Å². The summed E-state index contributed by atoms with van der Waals surface area (Å²) in [5, 5.41) is 2.92. The van der Waals surface area contributed by atoms with Crippen molar-refractivity contribution in [1.29, 1.82) is 0 Å². The highest BCUT2D eigenvalue weighted by molar-refractivity contribution is 6.90. The normalized spacial score (nSPS) is 16.8. The predicted octanol–water partition coefficient (Wildman–Crippen LogP) is 3.60. The molecule has 0 saturated carbocycles. The van der Waals surface area contributed by atoms with E-state index in [1.54, 1.807) is 4.90 Å². The molecule has 0 spiro atoms. The van der Waals surface area contributed by atoms with Crippen LogP contribution in [0.25, 0.3) is 0 Å². The van der Waals surface area contributed by atoms with Crippen molar-refractivity contribution >= 4 is 19.9 Å². The first-order chi connectivity index (χ1) is 12.8. The molecule has 0 aliphatic carbocycles. The van der Waals surface area contributed by atoms with Crippen molar-refractivity contribution in [3.8, 4) is 11.5 Å². The Kier molecular flexibility index (Phi) is 8.77. The SMILES string of the molecule is CC(C)[Si](C#CC(=O)NC(C(=O)N1CCOCC1)C(C)(C)C)(C(C)C)C(C)C. The summed E-state index contributed by atoms with van der Waals surface area (Å²) in [6.45, 7) is 21.5. The minimum Gasteiger partial charge on any atom is -0.378 e. The van der Waals surface area contributed by atoms with E-state index in [9.17, 15) is 9.59 Å². The lowest BCUT2D eigenvalue weighted by atomic mass is 9.85. The maximum Gasteiger partial charge on any atom is 0.295 e. The van der Waals surface area contributed by atoms with Crippen LogP contribution in [-0.4, -0.2) is 57.1 Å². The van der Waals surface area contributed by atoms with Crippen LogP contribution in [0.5, 0.6) is 0 Å².